The summed E-state index contributed by atoms with van der Waals surface area (Å²) in [5.41, 5.74) is 2.11. The predicted octanol–water partition coefficient (Wildman–Crippen LogP) is 4.01. The van der Waals surface area contributed by atoms with E-state index >= 15 is 0 Å². The molecule has 1 amide bonds. The molecule has 1 heterocycles. The van der Waals surface area contributed by atoms with Crippen molar-refractivity contribution in [1.29, 1.82) is 0 Å². The summed E-state index contributed by atoms with van der Waals surface area (Å²) >= 11 is 3.43. The maximum Gasteiger partial charge on any atom is 0.275 e. The van der Waals surface area contributed by atoms with Crippen LogP contribution in [0.3, 0.4) is 0 Å². The Labute approximate surface area is 138 Å². The zero-order valence-corrected chi connectivity index (χ0v) is 14.3. The van der Waals surface area contributed by atoms with Crippen molar-refractivity contribution in [3.63, 3.8) is 0 Å². The Hall–Kier alpha value is -1.95. The maximum atomic E-state index is 12.2. The van der Waals surface area contributed by atoms with E-state index in [1.807, 2.05) is 25.1 Å². The number of nitrogens with one attached hydrogen (secondary N) is 2. The lowest BCUT2D eigenvalue weighted by Crippen LogP contribution is -2.15. The summed E-state index contributed by atoms with van der Waals surface area (Å²) in [6.07, 6.45) is 5.25. The Balaban J connectivity index is 2.00. The fourth-order valence-electron chi connectivity index (χ4n) is 1.84. The van der Waals surface area contributed by atoms with Gasteiger partial charge in [-0.2, -0.15) is 0 Å². The van der Waals surface area contributed by atoms with Gasteiger partial charge >= 0.3 is 0 Å². The molecule has 0 aliphatic carbocycles. The van der Waals surface area contributed by atoms with Gasteiger partial charge in [-0.3, -0.25) is 4.79 Å². The molecule has 116 valence electrons. The number of rotatable bonds is 6. The fraction of sp³-hybridized carbons (Fsp3) is 0.312. The van der Waals surface area contributed by atoms with Crippen molar-refractivity contribution in [2.75, 3.05) is 17.2 Å². The Kier molecular flexibility index (Phi) is 5.89. The number of anilines is 2. The van der Waals surface area contributed by atoms with Crippen molar-refractivity contribution < 1.29 is 4.79 Å². The SMILES string of the molecule is CCCCNc1cnc(C(=O)Nc2ccc(C)cc2Br)cn1. The van der Waals surface area contributed by atoms with Crippen molar-refractivity contribution in [3.8, 4) is 0 Å². The van der Waals surface area contributed by atoms with Gasteiger partial charge in [-0.1, -0.05) is 19.4 Å². The summed E-state index contributed by atoms with van der Waals surface area (Å²) in [5.74, 6) is 0.402. The molecular weight excluding hydrogens is 344 g/mol. The van der Waals surface area contributed by atoms with Crippen molar-refractivity contribution >= 4 is 33.3 Å². The van der Waals surface area contributed by atoms with Crippen LogP contribution in [0.4, 0.5) is 11.5 Å². The predicted molar refractivity (Wildman–Crippen MR) is 92.3 cm³/mol. The molecule has 5 nitrogen and oxygen atoms in total. The van der Waals surface area contributed by atoms with Crippen LogP contribution in [-0.2, 0) is 0 Å². The first-order valence-electron chi connectivity index (χ1n) is 7.23. The number of hydrogen-bond acceptors (Lipinski definition) is 4. The lowest BCUT2D eigenvalue weighted by molar-refractivity contribution is 0.102. The molecule has 0 fully saturated rings. The highest BCUT2D eigenvalue weighted by atomic mass is 79.9. The Morgan fingerprint density at radius 2 is 2.09 bits per heavy atom. The molecule has 1 aromatic heterocycles. The minimum absolute atomic E-state index is 0.280. The van der Waals surface area contributed by atoms with Crippen LogP contribution < -0.4 is 10.6 Å². The molecular formula is C16H19BrN4O. The Bertz CT molecular complexity index is 643. The van der Waals surface area contributed by atoms with E-state index in [9.17, 15) is 4.79 Å². The van der Waals surface area contributed by atoms with Crippen LogP contribution >= 0.6 is 15.9 Å². The molecule has 0 radical (unpaired) electrons. The third-order valence-corrected chi connectivity index (χ3v) is 3.75. The van der Waals surface area contributed by atoms with Crippen molar-refractivity contribution in [3.05, 3.63) is 46.3 Å². The summed E-state index contributed by atoms with van der Waals surface area (Å²) in [5, 5.41) is 5.98. The number of aryl methyl sites for hydroxylation is 1. The minimum Gasteiger partial charge on any atom is -0.369 e. The van der Waals surface area contributed by atoms with Gasteiger partial charge in [-0.15, -0.1) is 0 Å². The molecule has 0 atom stereocenters. The standard InChI is InChI=1S/C16H19BrN4O/c1-3-4-7-18-15-10-19-14(9-20-15)16(22)21-13-6-5-11(2)8-12(13)17/h5-6,8-10H,3-4,7H2,1-2H3,(H,18,20)(H,21,22). The molecule has 6 heteroatoms. The van der Waals surface area contributed by atoms with Gasteiger partial charge in [0.15, 0.2) is 0 Å². The topological polar surface area (TPSA) is 66.9 Å². The highest BCUT2D eigenvalue weighted by Gasteiger charge is 2.10. The highest BCUT2D eigenvalue weighted by Crippen LogP contribution is 2.23. The lowest BCUT2D eigenvalue weighted by atomic mass is 10.2. The number of hydrogen-bond donors (Lipinski definition) is 2. The van der Waals surface area contributed by atoms with Gasteiger partial charge in [-0.25, -0.2) is 9.97 Å². The molecule has 0 aliphatic heterocycles. The van der Waals surface area contributed by atoms with E-state index in [0.29, 0.717) is 11.5 Å². The van der Waals surface area contributed by atoms with E-state index in [-0.39, 0.29) is 11.6 Å². The van der Waals surface area contributed by atoms with E-state index in [0.717, 1.165) is 29.4 Å². The first-order chi connectivity index (χ1) is 10.6. The molecule has 1 aromatic carbocycles. The van der Waals surface area contributed by atoms with Crippen molar-refractivity contribution in [1.82, 2.24) is 9.97 Å². The normalized spacial score (nSPS) is 10.3. The fourth-order valence-corrected chi connectivity index (χ4v) is 2.43. The number of benzene rings is 1. The molecule has 2 aromatic rings. The molecule has 0 bridgehead atoms. The van der Waals surface area contributed by atoms with Gasteiger partial charge in [-0.05, 0) is 47.0 Å². The van der Waals surface area contributed by atoms with Gasteiger partial charge in [0.05, 0.1) is 18.1 Å². The van der Waals surface area contributed by atoms with E-state index in [2.05, 4.69) is 43.5 Å². The Morgan fingerprint density at radius 3 is 2.73 bits per heavy atom. The number of unbranched alkanes of at least 4 members (excludes halogenated alkanes) is 1. The number of carbonyl (C=O) groups excluding carboxylic acids is 1. The molecule has 0 saturated carbocycles. The molecule has 2 rings (SSSR count). The van der Waals surface area contributed by atoms with E-state index in [1.165, 1.54) is 6.20 Å². The average Bonchev–Trinajstić information content (AvgIpc) is 2.51. The zero-order chi connectivity index (χ0) is 15.9. The molecule has 0 aliphatic rings. The monoisotopic (exact) mass is 362 g/mol. The second-order valence-corrected chi connectivity index (χ2v) is 5.86. The zero-order valence-electron chi connectivity index (χ0n) is 12.7. The van der Waals surface area contributed by atoms with Crippen LogP contribution in [0.1, 0.15) is 35.8 Å². The second kappa shape index (κ2) is 7.89. The lowest BCUT2D eigenvalue weighted by Gasteiger charge is -2.08. The second-order valence-electron chi connectivity index (χ2n) is 5.00. The van der Waals surface area contributed by atoms with Gasteiger partial charge in [0, 0.05) is 11.0 Å². The number of nitrogens with zero attached hydrogens (tertiary/aromatic N) is 2. The molecule has 0 spiro atoms. The quantitative estimate of drug-likeness (QED) is 0.761. The van der Waals surface area contributed by atoms with Crippen LogP contribution in [-0.4, -0.2) is 22.4 Å². The van der Waals surface area contributed by atoms with Crippen LogP contribution in [0.2, 0.25) is 0 Å². The summed E-state index contributed by atoms with van der Waals surface area (Å²) in [6.45, 7) is 4.98. The largest absolute Gasteiger partial charge is 0.369 e. The average molecular weight is 363 g/mol. The number of carbonyl (C=O) groups is 1. The van der Waals surface area contributed by atoms with Crippen molar-refractivity contribution in [2.24, 2.45) is 0 Å². The third-order valence-electron chi connectivity index (χ3n) is 3.09. The van der Waals surface area contributed by atoms with Gasteiger partial charge < -0.3 is 10.6 Å². The summed E-state index contributed by atoms with van der Waals surface area (Å²) in [4.78, 5) is 20.5. The van der Waals surface area contributed by atoms with Crippen LogP contribution in [0.5, 0.6) is 0 Å². The van der Waals surface area contributed by atoms with Crippen LogP contribution in [0, 0.1) is 6.92 Å². The first kappa shape index (κ1) is 16.4. The molecule has 0 unspecified atom stereocenters. The highest BCUT2D eigenvalue weighted by molar-refractivity contribution is 9.10. The van der Waals surface area contributed by atoms with Crippen LogP contribution in [0.15, 0.2) is 35.1 Å². The van der Waals surface area contributed by atoms with Gasteiger partial charge in [0.1, 0.15) is 11.5 Å². The van der Waals surface area contributed by atoms with Crippen LogP contribution in [0.25, 0.3) is 0 Å². The third kappa shape index (κ3) is 4.53. The Morgan fingerprint density at radius 1 is 1.27 bits per heavy atom. The number of halogens is 1. The molecule has 22 heavy (non-hydrogen) atoms. The van der Waals surface area contributed by atoms with Gasteiger partial charge in [0.25, 0.3) is 5.91 Å². The molecule has 2 N–H and O–H groups in total. The number of amides is 1. The first-order valence-corrected chi connectivity index (χ1v) is 8.03. The van der Waals surface area contributed by atoms with Crippen molar-refractivity contribution in [2.45, 2.75) is 26.7 Å². The van der Waals surface area contributed by atoms with E-state index in [4.69, 9.17) is 0 Å². The van der Waals surface area contributed by atoms with E-state index in [1.54, 1.807) is 6.20 Å². The van der Waals surface area contributed by atoms with Gasteiger partial charge in [0.2, 0.25) is 0 Å². The van der Waals surface area contributed by atoms with E-state index < -0.39 is 0 Å². The summed E-state index contributed by atoms with van der Waals surface area (Å²) in [7, 11) is 0. The molecule has 0 saturated heterocycles. The maximum absolute atomic E-state index is 12.2. The number of aromatic nitrogens is 2. The smallest absolute Gasteiger partial charge is 0.275 e. The summed E-state index contributed by atoms with van der Waals surface area (Å²) < 4.78 is 0.840. The minimum atomic E-state index is -0.280. The summed E-state index contributed by atoms with van der Waals surface area (Å²) in [6, 6.07) is 5.74.